The number of hydrogen-bond donors (Lipinski definition) is 0. The highest BCUT2D eigenvalue weighted by atomic mass is 17.2. The minimum absolute atomic E-state index is 0.365. The van der Waals surface area contributed by atoms with E-state index in [2.05, 4.69) is 6.92 Å². The molecule has 1 fully saturated rings. The van der Waals surface area contributed by atoms with E-state index in [0.717, 1.165) is 5.92 Å². The molecule has 0 aromatic rings. The molecule has 0 unspecified atom stereocenters. The molecule has 0 aliphatic heterocycles. The van der Waals surface area contributed by atoms with Crippen LogP contribution >= 0.6 is 0 Å². The zero-order valence-corrected chi connectivity index (χ0v) is 15.3. The largest absolute Gasteiger partial charge is 0.237 e. The Hall–Kier alpha value is -0.0800. The summed E-state index contributed by atoms with van der Waals surface area (Å²) in [5.41, 5.74) is 0. The van der Waals surface area contributed by atoms with Crippen molar-refractivity contribution >= 4 is 0 Å². The molecule has 1 saturated carbocycles. The van der Waals surface area contributed by atoms with E-state index in [9.17, 15) is 0 Å². The van der Waals surface area contributed by atoms with Crippen molar-refractivity contribution in [3.8, 4) is 0 Å². The molecular weight excluding hydrogens is 272 g/mol. The van der Waals surface area contributed by atoms with Crippen LogP contribution in [0.2, 0.25) is 0 Å². The van der Waals surface area contributed by atoms with Gasteiger partial charge in [0.25, 0.3) is 0 Å². The van der Waals surface area contributed by atoms with Gasteiger partial charge >= 0.3 is 0 Å². The van der Waals surface area contributed by atoms with Crippen LogP contribution in [0.4, 0.5) is 0 Å². The predicted molar refractivity (Wildman–Crippen MR) is 94.9 cm³/mol. The Kier molecular flexibility index (Phi) is 13.2. The molecule has 1 rings (SSSR count). The van der Waals surface area contributed by atoms with Crippen molar-refractivity contribution < 1.29 is 9.78 Å². The lowest BCUT2D eigenvalue weighted by molar-refractivity contribution is -0.326. The SMILES string of the molecule is CCCCCCCCCCCCC1CCC(OOCC)CC1. The minimum atomic E-state index is 0.365. The maximum atomic E-state index is 5.39. The molecule has 2 heteroatoms. The monoisotopic (exact) mass is 312 g/mol. The van der Waals surface area contributed by atoms with Gasteiger partial charge in [0, 0.05) is 0 Å². The van der Waals surface area contributed by atoms with Gasteiger partial charge in [-0.15, -0.1) is 0 Å². The minimum Gasteiger partial charge on any atom is -0.237 e. The van der Waals surface area contributed by atoms with Gasteiger partial charge < -0.3 is 0 Å². The molecule has 0 radical (unpaired) electrons. The first-order valence-electron chi connectivity index (χ1n) is 10.1. The molecule has 0 amide bonds. The standard InChI is InChI=1S/C20H40O2/c1-3-5-6-7-8-9-10-11-12-13-14-19-15-17-20(18-16-19)22-21-4-2/h19-20H,3-18H2,1-2H3. The topological polar surface area (TPSA) is 18.5 Å². The normalized spacial score (nSPS) is 22.1. The molecule has 132 valence electrons. The fraction of sp³-hybridized carbons (Fsp3) is 1.00. The van der Waals surface area contributed by atoms with E-state index >= 15 is 0 Å². The summed E-state index contributed by atoms with van der Waals surface area (Å²) in [4.78, 5) is 10.5. The third kappa shape index (κ3) is 10.6. The van der Waals surface area contributed by atoms with Crippen molar-refractivity contribution in [3.63, 3.8) is 0 Å². The Morgan fingerprint density at radius 3 is 1.77 bits per heavy atom. The Labute approximate surface area is 139 Å². The summed E-state index contributed by atoms with van der Waals surface area (Å²) in [6.07, 6.45) is 21.3. The molecule has 0 aromatic heterocycles. The van der Waals surface area contributed by atoms with Crippen LogP contribution < -0.4 is 0 Å². The van der Waals surface area contributed by atoms with Crippen LogP contribution in [-0.2, 0) is 9.78 Å². The molecular formula is C20H40O2. The number of hydrogen-bond acceptors (Lipinski definition) is 2. The summed E-state index contributed by atoms with van der Waals surface area (Å²) >= 11 is 0. The Morgan fingerprint density at radius 2 is 1.23 bits per heavy atom. The molecule has 0 N–H and O–H groups in total. The first-order valence-corrected chi connectivity index (χ1v) is 10.1. The van der Waals surface area contributed by atoms with E-state index in [4.69, 9.17) is 9.78 Å². The highest BCUT2D eigenvalue weighted by molar-refractivity contribution is 4.72. The van der Waals surface area contributed by atoms with Gasteiger partial charge in [-0.25, -0.2) is 9.78 Å². The van der Waals surface area contributed by atoms with Crippen molar-refractivity contribution in [2.24, 2.45) is 5.92 Å². The zero-order valence-electron chi connectivity index (χ0n) is 15.3. The second-order valence-electron chi connectivity index (χ2n) is 7.12. The molecule has 1 aliphatic rings. The van der Waals surface area contributed by atoms with Crippen molar-refractivity contribution in [3.05, 3.63) is 0 Å². The lowest BCUT2D eigenvalue weighted by Gasteiger charge is -2.27. The van der Waals surface area contributed by atoms with Crippen LogP contribution in [0.25, 0.3) is 0 Å². The molecule has 0 spiro atoms. The summed E-state index contributed by atoms with van der Waals surface area (Å²) in [6.45, 7) is 4.94. The Morgan fingerprint density at radius 1 is 0.682 bits per heavy atom. The lowest BCUT2D eigenvalue weighted by Crippen LogP contribution is -2.21. The van der Waals surface area contributed by atoms with E-state index < -0.39 is 0 Å². The van der Waals surface area contributed by atoms with Crippen LogP contribution in [-0.4, -0.2) is 12.7 Å². The van der Waals surface area contributed by atoms with Crippen LogP contribution in [0.15, 0.2) is 0 Å². The van der Waals surface area contributed by atoms with Crippen molar-refractivity contribution in [1.82, 2.24) is 0 Å². The molecule has 0 saturated heterocycles. The molecule has 0 aromatic carbocycles. The smallest absolute Gasteiger partial charge is 0.0930 e. The van der Waals surface area contributed by atoms with Gasteiger partial charge in [-0.2, -0.15) is 0 Å². The van der Waals surface area contributed by atoms with Gasteiger partial charge in [0.1, 0.15) is 0 Å². The molecule has 22 heavy (non-hydrogen) atoms. The van der Waals surface area contributed by atoms with Crippen LogP contribution in [0.1, 0.15) is 110 Å². The van der Waals surface area contributed by atoms with E-state index in [1.54, 1.807) is 0 Å². The van der Waals surface area contributed by atoms with Gasteiger partial charge in [-0.1, -0.05) is 77.6 Å². The predicted octanol–water partition coefficient (Wildman–Crippen LogP) is 6.82. The van der Waals surface area contributed by atoms with Gasteiger partial charge in [-0.05, 0) is 38.5 Å². The van der Waals surface area contributed by atoms with E-state index in [1.165, 1.54) is 96.3 Å². The zero-order chi connectivity index (χ0) is 15.9. The van der Waals surface area contributed by atoms with Crippen LogP contribution in [0.5, 0.6) is 0 Å². The third-order valence-corrected chi connectivity index (χ3v) is 5.08. The van der Waals surface area contributed by atoms with Crippen LogP contribution in [0.3, 0.4) is 0 Å². The van der Waals surface area contributed by atoms with Crippen molar-refractivity contribution in [2.75, 3.05) is 6.61 Å². The second-order valence-corrected chi connectivity index (χ2v) is 7.12. The highest BCUT2D eigenvalue weighted by Gasteiger charge is 2.21. The number of unbranched alkanes of at least 4 members (excludes halogenated alkanes) is 9. The van der Waals surface area contributed by atoms with Crippen LogP contribution in [0, 0.1) is 5.92 Å². The quantitative estimate of drug-likeness (QED) is 0.199. The third-order valence-electron chi connectivity index (χ3n) is 5.08. The van der Waals surface area contributed by atoms with E-state index in [-0.39, 0.29) is 0 Å². The van der Waals surface area contributed by atoms with E-state index in [1.807, 2.05) is 6.92 Å². The average molecular weight is 313 g/mol. The average Bonchev–Trinajstić information content (AvgIpc) is 2.56. The van der Waals surface area contributed by atoms with Gasteiger partial charge in [-0.3, -0.25) is 0 Å². The fourth-order valence-electron chi connectivity index (χ4n) is 3.60. The lowest BCUT2D eigenvalue weighted by atomic mass is 9.84. The first-order chi connectivity index (χ1) is 10.9. The Balaban J connectivity index is 1.82. The first kappa shape index (κ1) is 20.0. The summed E-state index contributed by atoms with van der Waals surface area (Å²) in [5, 5.41) is 0. The highest BCUT2D eigenvalue weighted by Crippen LogP contribution is 2.30. The molecule has 0 heterocycles. The maximum Gasteiger partial charge on any atom is 0.0930 e. The van der Waals surface area contributed by atoms with Crippen molar-refractivity contribution in [2.45, 2.75) is 116 Å². The second kappa shape index (κ2) is 14.5. The molecule has 1 aliphatic carbocycles. The summed E-state index contributed by atoms with van der Waals surface area (Å²) in [5.74, 6) is 0.954. The number of rotatable bonds is 14. The van der Waals surface area contributed by atoms with Crippen molar-refractivity contribution in [1.29, 1.82) is 0 Å². The maximum absolute atomic E-state index is 5.39. The van der Waals surface area contributed by atoms with Gasteiger partial charge in [0.05, 0.1) is 12.7 Å². The fourth-order valence-corrected chi connectivity index (χ4v) is 3.60. The molecule has 0 atom stereocenters. The summed E-state index contributed by atoms with van der Waals surface area (Å²) in [7, 11) is 0. The van der Waals surface area contributed by atoms with E-state index in [0.29, 0.717) is 12.7 Å². The molecule has 0 bridgehead atoms. The summed E-state index contributed by atoms with van der Waals surface area (Å²) in [6, 6.07) is 0. The van der Waals surface area contributed by atoms with Gasteiger partial charge in [0.15, 0.2) is 0 Å². The van der Waals surface area contributed by atoms with Gasteiger partial charge in [0.2, 0.25) is 0 Å². The Bertz CT molecular complexity index is 222. The molecule has 2 nitrogen and oxygen atoms in total. The summed E-state index contributed by atoms with van der Waals surface area (Å²) < 4.78 is 0.